The lowest BCUT2D eigenvalue weighted by Gasteiger charge is -2.25. The number of nitrogens with zero attached hydrogens (tertiary/aromatic N) is 2. The maximum Gasteiger partial charge on any atom is 0.336 e. The predicted molar refractivity (Wildman–Crippen MR) is 115 cm³/mol. The highest BCUT2D eigenvalue weighted by molar-refractivity contribution is 7.98. The van der Waals surface area contributed by atoms with Gasteiger partial charge in [0.25, 0.3) is 0 Å². The van der Waals surface area contributed by atoms with Gasteiger partial charge in [0.1, 0.15) is 10.5 Å². The predicted octanol–water partition coefficient (Wildman–Crippen LogP) is 3.12. The van der Waals surface area contributed by atoms with Gasteiger partial charge in [0.05, 0.1) is 18.2 Å². The summed E-state index contributed by atoms with van der Waals surface area (Å²) in [4.78, 5) is 16.4. The molecule has 2 aromatic heterocycles. The minimum absolute atomic E-state index is 0.172. The van der Waals surface area contributed by atoms with Gasteiger partial charge in [-0.15, -0.1) is 11.8 Å². The minimum atomic E-state index is -3.56. The molecule has 1 saturated heterocycles. The van der Waals surface area contributed by atoms with Crippen molar-refractivity contribution < 1.29 is 17.6 Å². The molecule has 0 spiro atoms. The first-order valence-electron chi connectivity index (χ1n) is 9.55. The average Bonchev–Trinajstić information content (AvgIpc) is 2.74. The number of rotatable bonds is 5. The van der Waals surface area contributed by atoms with Gasteiger partial charge in [0.2, 0.25) is 10.0 Å². The Morgan fingerprint density at radius 1 is 1.10 bits per heavy atom. The first kappa shape index (κ1) is 21.0. The molecule has 30 heavy (non-hydrogen) atoms. The summed E-state index contributed by atoms with van der Waals surface area (Å²) in [7, 11) is -3.56. The number of aryl methyl sites for hydroxylation is 2. The van der Waals surface area contributed by atoms with Gasteiger partial charge in [0, 0.05) is 36.5 Å². The molecule has 0 atom stereocenters. The third-order valence-corrected chi connectivity index (χ3v) is 8.01. The number of pyridine rings is 1. The highest BCUT2D eigenvalue weighted by Crippen LogP contribution is 2.28. The number of ether oxygens (including phenoxy) is 1. The van der Waals surface area contributed by atoms with Gasteiger partial charge in [-0.1, -0.05) is 0 Å². The van der Waals surface area contributed by atoms with Gasteiger partial charge in [-0.2, -0.15) is 4.31 Å². The Kier molecular flexibility index (Phi) is 5.97. The van der Waals surface area contributed by atoms with Crippen LogP contribution in [0.5, 0.6) is 0 Å². The van der Waals surface area contributed by atoms with Crippen LogP contribution in [-0.4, -0.2) is 44.0 Å². The second-order valence-electron chi connectivity index (χ2n) is 7.16. The lowest BCUT2D eigenvalue weighted by Crippen LogP contribution is -2.40. The highest BCUT2D eigenvalue weighted by Gasteiger charge is 2.26. The van der Waals surface area contributed by atoms with E-state index in [1.54, 1.807) is 12.1 Å². The maximum atomic E-state index is 12.7. The van der Waals surface area contributed by atoms with Crippen LogP contribution in [0.1, 0.15) is 16.7 Å². The summed E-state index contributed by atoms with van der Waals surface area (Å²) in [6.45, 7) is 5.50. The maximum absolute atomic E-state index is 12.7. The standard InChI is InChI=1S/C21H22N2O5S2/c1-14-9-18-16(11-21(24)28-19(18)10-15(14)2)13-29-20-4-3-17(12-22-20)30(25,26)23-5-7-27-8-6-23/h3-4,9-12H,5-8,13H2,1-2H3. The fourth-order valence-corrected chi connectivity index (χ4v) is 5.48. The van der Waals surface area contributed by atoms with E-state index in [1.807, 2.05) is 26.0 Å². The molecule has 4 rings (SSSR count). The molecule has 0 N–H and O–H groups in total. The molecule has 7 nitrogen and oxygen atoms in total. The smallest absolute Gasteiger partial charge is 0.336 e. The zero-order chi connectivity index (χ0) is 21.3. The fourth-order valence-electron chi connectivity index (χ4n) is 3.29. The second-order valence-corrected chi connectivity index (χ2v) is 10.1. The number of morpholine rings is 1. The summed E-state index contributed by atoms with van der Waals surface area (Å²) in [6.07, 6.45) is 1.39. The van der Waals surface area contributed by atoms with Crippen molar-refractivity contribution in [1.82, 2.24) is 9.29 Å². The topological polar surface area (TPSA) is 89.7 Å². The van der Waals surface area contributed by atoms with Crippen LogP contribution in [0.15, 0.2) is 55.7 Å². The number of aromatic nitrogens is 1. The van der Waals surface area contributed by atoms with Crippen molar-refractivity contribution in [2.45, 2.75) is 29.5 Å². The molecule has 1 aliphatic heterocycles. The first-order valence-corrected chi connectivity index (χ1v) is 12.0. The molecule has 0 unspecified atom stereocenters. The van der Waals surface area contributed by atoms with Gasteiger partial charge in [0.15, 0.2) is 0 Å². The Bertz CT molecular complexity index is 1230. The number of hydrogen-bond acceptors (Lipinski definition) is 7. The van der Waals surface area contributed by atoms with Crippen LogP contribution in [-0.2, 0) is 20.5 Å². The van der Waals surface area contributed by atoms with E-state index in [0.29, 0.717) is 42.7 Å². The van der Waals surface area contributed by atoms with Crippen molar-refractivity contribution in [1.29, 1.82) is 0 Å². The minimum Gasteiger partial charge on any atom is -0.423 e. The van der Waals surface area contributed by atoms with Gasteiger partial charge < -0.3 is 9.15 Å². The fraction of sp³-hybridized carbons (Fsp3) is 0.333. The van der Waals surface area contributed by atoms with Crippen molar-refractivity contribution in [3.63, 3.8) is 0 Å². The summed E-state index contributed by atoms with van der Waals surface area (Å²) < 4.78 is 37.4. The summed E-state index contributed by atoms with van der Waals surface area (Å²) in [6, 6.07) is 8.67. The van der Waals surface area contributed by atoms with Crippen LogP contribution >= 0.6 is 11.8 Å². The zero-order valence-corrected chi connectivity index (χ0v) is 18.4. The quantitative estimate of drug-likeness (QED) is 0.439. The molecule has 3 heterocycles. The average molecular weight is 447 g/mol. The summed E-state index contributed by atoms with van der Waals surface area (Å²) in [5.74, 6) is 0.521. The van der Waals surface area contributed by atoms with E-state index >= 15 is 0 Å². The molecule has 0 bridgehead atoms. The van der Waals surface area contributed by atoms with E-state index in [-0.39, 0.29) is 10.5 Å². The third kappa shape index (κ3) is 4.29. The summed E-state index contributed by atoms with van der Waals surface area (Å²) >= 11 is 1.44. The van der Waals surface area contributed by atoms with E-state index in [4.69, 9.17) is 9.15 Å². The molecule has 0 aliphatic carbocycles. The van der Waals surface area contributed by atoms with Crippen LogP contribution in [0, 0.1) is 13.8 Å². The molecule has 1 fully saturated rings. The van der Waals surface area contributed by atoms with Gasteiger partial charge in [-0.3, -0.25) is 0 Å². The van der Waals surface area contributed by atoms with Crippen molar-refractivity contribution in [3.05, 3.63) is 63.6 Å². The van der Waals surface area contributed by atoms with Crippen LogP contribution in [0.3, 0.4) is 0 Å². The Morgan fingerprint density at radius 3 is 2.53 bits per heavy atom. The monoisotopic (exact) mass is 446 g/mol. The summed E-state index contributed by atoms with van der Waals surface area (Å²) in [5.41, 5.74) is 3.23. The molecular weight excluding hydrogens is 424 g/mol. The molecule has 0 saturated carbocycles. The Labute approximate surface area is 179 Å². The lowest BCUT2D eigenvalue weighted by atomic mass is 10.0. The highest BCUT2D eigenvalue weighted by atomic mass is 32.2. The number of sulfonamides is 1. The Hall–Kier alpha value is -2.20. The van der Waals surface area contributed by atoms with Crippen LogP contribution in [0.2, 0.25) is 0 Å². The third-order valence-electron chi connectivity index (χ3n) is 5.14. The van der Waals surface area contributed by atoms with Crippen LogP contribution < -0.4 is 5.63 Å². The number of benzene rings is 1. The largest absolute Gasteiger partial charge is 0.423 e. The molecule has 0 amide bonds. The van der Waals surface area contributed by atoms with E-state index < -0.39 is 10.0 Å². The van der Waals surface area contributed by atoms with Crippen LogP contribution in [0.4, 0.5) is 0 Å². The molecule has 3 aromatic rings. The van der Waals surface area contributed by atoms with Crippen molar-refractivity contribution >= 4 is 32.8 Å². The second kappa shape index (κ2) is 8.50. The molecule has 1 aromatic carbocycles. The van der Waals surface area contributed by atoms with Crippen molar-refractivity contribution in [2.75, 3.05) is 26.3 Å². The van der Waals surface area contributed by atoms with Gasteiger partial charge >= 0.3 is 5.63 Å². The molecule has 158 valence electrons. The molecular formula is C21H22N2O5S2. The van der Waals surface area contributed by atoms with E-state index in [2.05, 4.69) is 4.98 Å². The van der Waals surface area contributed by atoms with E-state index in [0.717, 1.165) is 22.1 Å². The Balaban J connectivity index is 1.54. The zero-order valence-electron chi connectivity index (χ0n) is 16.8. The first-order chi connectivity index (χ1) is 14.3. The number of fused-ring (bicyclic) bond motifs is 1. The van der Waals surface area contributed by atoms with Crippen LogP contribution in [0.25, 0.3) is 11.0 Å². The number of hydrogen-bond donors (Lipinski definition) is 0. The molecule has 9 heteroatoms. The van der Waals surface area contributed by atoms with E-state index in [9.17, 15) is 13.2 Å². The summed E-state index contributed by atoms with van der Waals surface area (Å²) in [5, 5.41) is 1.58. The van der Waals surface area contributed by atoms with Gasteiger partial charge in [-0.05, 0) is 54.8 Å². The van der Waals surface area contributed by atoms with E-state index in [1.165, 1.54) is 28.3 Å². The van der Waals surface area contributed by atoms with Gasteiger partial charge in [-0.25, -0.2) is 18.2 Å². The lowest BCUT2D eigenvalue weighted by molar-refractivity contribution is 0.0730. The number of thioether (sulfide) groups is 1. The van der Waals surface area contributed by atoms with Crippen molar-refractivity contribution in [2.24, 2.45) is 0 Å². The molecule has 0 radical (unpaired) electrons. The normalized spacial score (nSPS) is 15.5. The molecule has 1 aliphatic rings. The SMILES string of the molecule is Cc1cc2oc(=O)cc(CSc3ccc(S(=O)(=O)N4CCOCC4)cn3)c2cc1C. The Morgan fingerprint density at radius 2 is 1.83 bits per heavy atom. The van der Waals surface area contributed by atoms with Crippen molar-refractivity contribution in [3.8, 4) is 0 Å².